The first kappa shape index (κ1) is 27.6. The molecule has 9 nitrogen and oxygen atoms in total. The van der Waals surface area contributed by atoms with Crippen LogP contribution in [0.15, 0.2) is 72.6 Å². The second-order valence-electron chi connectivity index (χ2n) is 8.87. The number of rotatable bonds is 9. The Bertz CT molecular complexity index is 1790. The van der Waals surface area contributed by atoms with E-state index in [0.29, 0.717) is 27.4 Å². The molecule has 1 aliphatic heterocycles. The number of fused-ring (bicyclic) bond motifs is 2. The Balaban J connectivity index is 1.59. The predicted molar refractivity (Wildman–Crippen MR) is 149 cm³/mol. The molecule has 5 rings (SSSR count). The molecule has 0 spiro atoms. The van der Waals surface area contributed by atoms with Gasteiger partial charge in [0.25, 0.3) is 5.01 Å². The zero-order chi connectivity index (χ0) is 27.8. The lowest BCUT2D eigenvalue weighted by Gasteiger charge is -2.18. The van der Waals surface area contributed by atoms with E-state index in [2.05, 4.69) is 0 Å². The van der Waals surface area contributed by atoms with Gasteiger partial charge in [0.05, 0.1) is 27.6 Å². The third-order valence-electron chi connectivity index (χ3n) is 6.12. The molecule has 2 heterocycles. The van der Waals surface area contributed by atoms with Crippen molar-refractivity contribution in [2.45, 2.75) is 13.0 Å². The first-order chi connectivity index (χ1) is 18.5. The lowest BCUT2D eigenvalue weighted by molar-refractivity contribution is -0.664. The molecule has 0 saturated carbocycles. The van der Waals surface area contributed by atoms with Gasteiger partial charge in [0.2, 0.25) is 11.4 Å². The molecule has 13 heteroatoms. The van der Waals surface area contributed by atoms with Crippen LogP contribution in [0.2, 0.25) is 5.02 Å². The summed E-state index contributed by atoms with van der Waals surface area (Å²) in [6, 6.07) is 20.6. The van der Waals surface area contributed by atoms with E-state index in [0.717, 1.165) is 21.3 Å². The number of nitrogens with zero attached hydrogens (tertiary/aromatic N) is 2. The van der Waals surface area contributed by atoms with Crippen LogP contribution in [0.4, 0.5) is 5.69 Å². The number of thiazole rings is 1. The molecule has 0 fully saturated rings. The zero-order valence-corrected chi connectivity index (χ0v) is 23.5. The van der Waals surface area contributed by atoms with Gasteiger partial charge in [0.15, 0.2) is 12.3 Å². The van der Waals surface area contributed by atoms with Crippen LogP contribution >= 0.6 is 22.9 Å². The SMILES string of the molecule is O=S(=O)([O-])CCCN1/C(=C/c2sc3ccc(-c4ccccc4)cc3[n+]2CCS(=O)(=O)[O-])Oc2ccc(Cl)cc21. The number of benzene rings is 3. The number of aryl methyl sites for hydroxylation is 1. The molecule has 4 aromatic rings. The van der Waals surface area contributed by atoms with E-state index < -0.39 is 31.7 Å². The molecule has 0 N–H and O–H groups in total. The number of aromatic nitrogens is 1. The van der Waals surface area contributed by atoms with Crippen molar-refractivity contribution in [1.29, 1.82) is 0 Å². The summed E-state index contributed by atoms with van der Waals surface area (Å²) in [5.41, 5.74) is 3.27. The Kier molecular flexibility index (Phi) is 7.68. The van der Waals surface area contributed by atoms with Gasteiger partial charge in [-0.3, -0.25) is 0 Å². The number of hydrogen-bond acceptors (Lipinski definition) is 9. The molecule has 1 aromatic heterocycles. The molecule has 3 aromatic carbocycles. The summed E-state index contributed by atoms with van der Waals surface area (Å²) in [4.78, 5) is 1.72. The van der Waals surface area contributed by atoms with Gasteiger partial charge in [-0.2, -0.15) is 4.57 Å². The van der Waals surface area contributed by atoms with E-state index in [-0.39, 0.29) is 19.5 Å². The minimum Gasteiger partial charge on any atom is -0.748 e. The van der Waals surface area contributed by atoms with Crippen LogP contribution in [0, 0.1) is 0 Å². The van der Waals surface area contributed by atoms with Gasteiger partial charge < -0.3 is 18.7 Å². The van der Waals surface area contributed by atoms with Gasteiger partial charge in [0, 0.05) is 23.4 Å². The fourth-order valence-electron chi connectivity index (χ4n) is 4.37. The molecule has 0 unspecified atom stereocenters. The van der Waals surface area contributed by atoms with Crippen molar-refractivity contribution in [2.75, 3.05) is 23.0 Å². The van der Waals surface area contributed by atoms with Gasteiger partial charge in [-0.05, 0) is 41.8 Å². The van der Waals surface area contributed by atoms with Crippen LogP contribution in [0.1, 0.15) is 11.4 Å². The summed E-state index contributed by atoms with van der Waals surface area (Å²) < 4.78 is 76.9. The largest absolute Gasteiger partial charge is 0.748 e. The van der Waals surface area contributed by atoms with Crippen LogP contribution < -0.4 is 14.2 Å². The van der Waals surface area contributed by atoms with E-state index in [1.807, 2.05) is 48.5 Å². The smallest absolute Gasteiger partial charge is 0.268 e. The van der Waals surface area contributed by atoms with Crippen molar-refractivity contribution in [3.8, 4) is 16.9 Å². The molecular formula is C26H22ClN2O7S3-. The van der Waals surface area contributed by atoms with E-state index in [1.54, 1.807) is 33.7 Å². The monoisotopic (exact) mass is 605 g/mol. The zero-order valence-electron chi connectivity index (χ0n) is 20.3. The lowest BCUT2D eigenvalue weighted by Crippen LogP contribution is -2.39. The Morgan fingerprint density at radius 1 is 0.923 bits per heavy atom. The van der Waals surface area contributed by atoms with Crippen molar-refractivity contribution in [1.82, 2.24) is 0 Å². The highest BCUT2D eigenvalue weighted by molar-refractivity contribution is 7.85. The summed E-state index contributed by atoms with van der Waals surface area (Å²) in [5, 5.41) is 1.07. The molecule has 204 valence electrons. The average molecular weight is 606 g/mol. The van der Waals surface area contributed by atoms with E-state index in [9.17, 15) is 25.9 Å². The maximum absolute atomic E-state index is 11.5. The van der Waals surface area contributed by atoms with Gasteiger partial charge in [-0.1, -0.05) is 59.3 Å². The van der Waals surface area contributed by atoms with Crippen molar-refractivity contribution in [3.05, 3.63) is 82.6 Å². The van der Waals surface area contributed by atoms with Crippen molar-refractivity contribution in [2.24, 2.45) is 0 Å². The molecule has 0 aliphatic carbocycles. The highest BCUT2D eigenvalue weighted by Gasteiger charge is 2.29. The summed E-state index contributed by atoms with van der Waals surface area (Å²) in [6.07, 6.45) is 1.77. The molecule has 0 radical (unpaired) electrons. The first-order valence-electron chi connectivity index (χ1n) is 11.8. The summed E-state index contributed by atoms with van der Waals surface area (Å²) in [7, 11) is -8.89. The fraction of sp³-hybridized carbons (Fsp3) is 0.192. The second-order valence-corrected chi connectivity index (χ2v) is 13.4. The molecule has 39 heavy (non-hydrogen) atoms. The normalized spacial score (nSPS) is 14.6. The van der Waals surface area contributed by atoms with Crippen LogP contribution in [0.3, 0.4) is 0 Å². The Hall–Kier alpha value is -3.00. The molecule has 0 atom stereocenters. The second kappa shape index (κ2) is 10.9. The van der Waals surface area contributed by atoms with Crippen LogP contribution in [0.25, 0.3) is 27.4 Å². The minimum atomic E-state index is -4.49. The standard InChI is InChI=1S/C26H23ClN2O7S3/c27-20-8-9-23-21(16-20)28(11-4-13-38(30,31)32)25(36-23)17-26-29(12-14-39(33,34)35)22-15-19(7-10-24(22)37-26)18-5-2-1-3-6-18/h1-3,5-10,15-17H,4,11-14H2,(H-,30,31,32,33,34,35)/p-1. The molecular weight excluding hydrogens is 584 g/mol. The Labute approximate surface area is 235 Å². The number of hydrogen-bond donors (Lipinski definition) is 0. The van der Waals surface area contributed by atoms with Crippen molar-refractivity contribution >= 4 is 65.2 Å². The average Bonchev–Trinajstić information content (AvgIpc) is 3.38. The highest BCUT2D eigenvalue weighted by Crippen LogP contribution is 2.41. The molecule has 0 saturated heterocycles. The number of ether oxygens (including phenoxy) is 1. The van der Waals surface area contributed by atoms with Crippen molar-refractivity contribution < 1.29 is 35.2 Å². The Morgan fingerprint density at radius 3 is 2.38 bits per heavy atom. The summed E-state index contributed by atoms with van der Waals surface area (Å²) >= 11 is 7.58. The quantitative estimate of drug-likeness (QED) is 0.205. The minimum absolute atomic E-state index is 0.0553. The van der Waals surface area contributed by atoms with Gasteiger partial charge in [-0.15, -0.1) is 0 Å². The first-order valence-corrected chi connectivity index (χ1v) is 16.2. The molecule has 1 aliphatic rings. The van der Waals surface area contributed by atoms with Gasteiger partial charge in [-0.25, -0.2) is 16.8 Å². The van der Waals surface area contributed by atoms with E-state index in [1.165, 1.54) is 11.3 Å². The number of anilines is 1. The van der Waals surface area contributed by atoms with Crippen LogP contribution in [-0.4, -0.2) is 44.0 Å². The molecule has 0 amide bonds. The highest BCUT2D eigenvalue weighted by atomic mass is 35.5. The van der Waals surface area contributed by atoms with E-state index >= 15 is 0 Å². The third-order valence-corrected chi connectivity index (χ3v) is 8.94. The van der Waals surface area contributed by atoms with Gasteiger partial charge >= 0.3 is 0 Å². The van der Waals surface area contributed by atoms with Crippen LogP contribution in [-0.2, 0) is 26.8 Å². The van der Waals surface area contributed by atoms with Gasteiger partial charge in [0.1, 0.15) is 14.8 Å². The summed E-state index contributed by atoms with van der Waals surface area (Å²) in [5.74, 6) is -0.295. The number of halogens is 1. The summed E-state index contributed by atoms with van der Waals surface area (Å²) in [6.45, 7) is 0.0923. The Morgan fingerprint density at radius 2 is 1.67 bits per heavy atom. The van der Waals surface area contributed by atoms with Crippen LogP contribution in [0.5, 0.6) is 5.75 Å². The van der Waals surface area contributed by atoms with E-state index in [4.69, 9.17) is 16.3 Å². The van der Waals surface area contributed by atoms with Crippen molar-refractivity contribution in [3.63, 3.8) is 0 Å². The topological polar surface area (TPSA) is 131 Å². The fourth-order valence-corrected chi connectivity index (χ4v) is 6.52. The maximum Gasteiger partial charge on any atom is 0.268 e. The third kappa shape index (κ3) is 6.60. The predicted octanol–water partition coefficient (Wildman–Crippen LogP) is 4.19. The maximum atomic E-state index is 11.5. The molecule has 0 bridgehead atoms. The lowest BCUT2D eigenvalue weighted by atomic mass is 10.1.